The number of hydrogen-bond donors (Lipinski definition) is 2. The molecule has 8 nitrogen and oxygen atoms in total. The van der Waals surface area contributed by atoms with Gasteiger partial charge in [-0.05, 0) is 61.6 Å². The lowest BCUT2D eigenvalue weighted by molar-refractivity contribution is 0.102. The van der Waals surface area contributed by atoms with Crippen LogP contribution in [0.15, 0.2) is 35.2 Å². The largest absolute Gasteiger partial charge is 0.333 e. The minimum absolute atomic E-state index is 0.0931. The summed E-state index contributed by atoms with van der Waals surface area (Å²) in [6.45, 7) is -0.125. The van der Waals surface area contributed by atoms with Crippen molar-refractivity contribution < 1.29 is 39.0 Å². The summed E-state index contributed by atoms with van der Waals surface area (Å²) < 4.78 is 94.3. The minimum Gasteiger partial charge on any atom is -0.322 e. The van der Waals surface area contributed by atoms with Crippen molar-refractivity contribution >= 4 is 43.3 Å². The summed E-state index contributed by atoms with van der Waals surface area (Å²) in [6, 6.07) is 4.78. The predicted octanol–water partition coefficient (Wildman–Crippen LogP) is 3.81. The van der Waals surface area contributed by atoms with Gasteiger partial charge in [-0.1, -0.05) is 11.6 Å². The lowest BCUT2D eigenvalue weighted by Crippen LogP contribution is -2.39. The number of carbonyl (C=O) groups excluding carboxylic acids is 1. The molecule has 4 rings (SSSR count). The Kier molecular flexibility index (Phi) is 7.41. The van der Waals surface area contributed by atoms with Crippen molar-refractivity contribution in [2.45, 2.75) is 35.8 Å². The zero-order valence-electron chi connectivity index (χ0n) is 18.6. The van der Waals surface area contributed by atoms with Crippen molar-refractivity contribution in [1.82, 2.24) is 0 Å². The molecule has 2 aliphatic carbocycles. The molecule has 2 bridgehead atoms. The zero-order chi connectivity index (χ0) is 26.4. The number of halogens is 4. The van der Waals surface area contributed by atoms with E-state index in [1.165, 1.54) is 12.1 Å². The first-order chi connectivity index (χ1) is 16.8. The second kappa shape index (κ2) is 9.93. The molecule has 2 aliphatic rings. The summed E-state index contributed by atoms with van der Waals surface area (Å²) in [6.07, 6.45) is 2.10. The highest BCUT2D eigenvalue weighted by Crippen LogP contribution is 2.50. The van der Waals surface area contributed by atoms with E-state index in [0.29, 0.717) is 37.8 Å². The van der Waals surface area contributed by atoms with Crippen molar-refractivity contribution in [3.05, 3.63) is 58.4 Å². The first-order valence-corrected chi connectivity index (χ1v) is 14.3. The van der Waals surface area contributed by atoms with Gasteiger partial charge in [0, 0.05) is 23.4 Å². The fourth-order valence-corrected chi connectivity index (χ4v) is 8.53. The lowest BCUT2D eigenvalue weighted by Gasteiger charge is -2.34. The highest BCUT2D eigenvalue weighted by molar-refractivity contribution is 7.92. The first kappa shape index (κ1) is 26.9. The Labute approximate surface area is 211 Å². The van der Waals surface area contributed by atoms with Gasteiger partial charge in [-0.25, -0.2) is 26.7 Å². The Hall–Kier alpha value is -2.19. The maximum absolute atomic E-state index is 13.6. The van der Waals surface area contributed by atoms with Crippen LogP contribution in [0, 0.1) is 35.2 Å². The van der Waals surface area contributed by atoms with Gasteiger partial charge < -0.3 is 5.32 Å². The normalized spacial score (nSPS) is 24.0. The molecule has 0 heterocycles. The van der Waals surface area contributed by atoms with Gasteiger partial charge in [0.2, 0.25) is 0 Å². The Morgan fingerprint density at radius 2 is 1.61 bits per heavy atom. The van der Waals surface area contributed by atoms with Gasteiger partial charge >= 0.3 is 10.3 Å². The van der Waals surface area contributed by atoms with Crippen molar-refractivity contribution in [1.29, 1.82) is 0 Å². The van der Waals surface area contributed by atoms with Crippen LogP contribution in [-0.2, 0) is 24.3 Å². The molecule has 0 aromatic heterocycles. The molecule has 36 heavy (non-hydrogen) atoms. The fraction of sp³-hybridized carbons (Fsp3) is 0.409. The van der Waals surface area contributed by atoms with E-state index in [1.54, 1.807) is 0 Å². The number of carbonyl (C=O) groups is 1. The molecule has 0 radical (unpaired) electrons. The van der Waals surface area contributed by atoms with E-state index in [-0.39, 0.29) is 45.5 Å². The number of nitrogens with two attached hydrogens (primary N) is 1. The summed E-state index contributed by atoms with van der Waals surface area (Å²) in [5, 5.41) is 6.23. The van der Waals surface area contributed by atoms with Gasteiger partial charge in [-0.2, -0.15) is 8.42 Å². The molecular formula is C22H22ClF3N2O6S2. The third kappa shape index (κ3) is 5.54. The maximum Gasteiger partial charge on any atom is 0.333 e. The smallest absolute Gasteiger partial charge is 0.322 e. The van der Waals surface area contributed by atoms with E-state index in [4.69, 9.17) is 20.9 Å². The molecule has 2 aromatic carbocycles. The van der Waals surface area contributed by atoms with Gasteiger partial charge in [0.1, 0.15) is 0 Å². The van der Waals surface area contributed by atoms with Crippen LogP contribution in [0.5, 0.6) is 0 Å². The predicted molar refractivity (Wildman–Crippen MR) is 125 cm³/mol. The summed E-state index contributed by atoms with van der Waals surface area (Å²) in [7, 11) is -8.11. The Morgan fingerprint density at radius 3 is 2.17 bits per heavy atom. The van der Waals surface area contributed by atoms with E-state index >= 15 is 0 Å². The molecule has 2 fully saturated rings. The molecule has 2 unspecified atom stereocenters. The molecule has 2 saturated carbocycles. The number of anilines is 1. The molecule has 4 atom stereocenters. The standard InChI is InChI=1S/C22H22ClF3N2O6S2/c23-16-4-3-14(22(29)28-15-8-17(24)20(26)18(25)9-15)7-19(16)35(30,31)21-12-1-2-13(21)6-11(5-12)10-34-36(27,32)33/h3-4,7-9,11-13,21H,1-2,5-6,10H2,(H,28,29)(H2,27,32,33)/t11-,12-,13?,21?/m0/s1. The van der Waals surface area contributed by atoms with E-state index in [1.807, 2.05) is 0 Å². The number of rotatable bonds is 7. The number of fused-ring (bicyclic) bond motifs is 2. The molecular weight excluding hydrogens is 545 g/mol. The number of nitrogens with one attached hydrogen (secondary N) is 1. The van der Waals surface area contributed by atoms with Crippen molar-refractivity contribution in [3.63, 3.8) is 0 Å². The van der Waals surface area contributed by atoms with Gasteiger partial charge in [0.25, 0.3) is 5.91 Å². The number of hydrogen-bond acceptors (Lipinski definition) is 6. The average molecular weight is 567 g/mol. The molecule has 3 N–H and O–H groups in total. The molecule has 0 spiro atoms. The number of benzene rings is 2. The fourth-order valence-electron chi connectivity index (χ4n) is 5.27. The second-order valence-corrected chi connectivity index (χ2v) is 12.8. The number of sulfone groups is 1. The Morgan fingerprint density at radius 1 is 1.03 bits per heavy atom. The van der Waals surface area contributed by atoms with Crippen LogP contribution >= 0.6 is 11.6 Å². The van der Waals surface area contributed by atoms with Crippen molar-refractivity contribution in [2.75, 3.05) is 11.9 Å². The average Bonchev–Trinajstić information content (AvgIpc) is 3.07. The highest BCUT2D eigenvalue weighted by atomic mass is 35.5. The summed E-state index contributed by atoms with van der Waals surface area (Å²) >= 11 is 6.22. The molecule has 2 aromatic rings. The highest BCUT2D eigenvalue weighted by Gasteiger charge is 2.50. The zero-order valence-corrected chi connectivity index (χ0v) is 21.0. The minimum atomic E-state index is -4.10. The Bertz CT molecular complexity index is 1380. The monoisotopic (exact) mass is 566 g/mol. The summed E-state index contributed by atoms with van der Waals surface area (Å²) in [5.74, 6) is -6.25. The molecule has 1 amide bonds. The quantitative estimate of drug-likeness (QED) is 0.490. The molecule has 0 saturated heterocycles. The van der Waals surface area contributed by atoms with Crippen LogP contribution in [0.2, 0.25) is 5.02 Å². The van der Waals surface area contributed by atoms with Gasteiger partial charge in [-0.15, -0.1) is 0 Å². The van der Waals surface area contributed by atoms with Crippen LogP contribution in [0.25, 0.3) is 0 Å². The van der Waals surface area contributed by atoms with Crippen LogP contribution in [0.1, 0.15) is 36.0 Å². The second-order valence-electron chi connectivity index (χ2n) is 9.08. The van der Waals surface area contributed by atoms with Gasteiger partial charge in [0.15, 0.2) is 27.3 Å². The van der Waals surface area contributed by atoms with Crippen molar-refractivity contribution in [2.24, 2.45) is 22.9 Å². The summed E-state index contributed by atoms with van der Waals surface area (Å²) in [4.78, 5) is 12.4. The van der Waals surface area contributed by atoms with Crippen LogP contribution in [-0.4, -0.2) is 34.6 Å². The first-order valence-electron chi connectivity index (χ1n) is 10.9. The van der Waals surface area contributed by atoms with Crippen LogP contribution in [0.4, 0.5) is 18.9 Å². The van der Waals surface area contributed by atoms with E-state index in [2.05, 4.69) is 5.32 Å². The van der Waals surface area contributed by atoms with Crippen molar-refractivity contribution in [3.8, 4) is 0 Å². The SMILES string of the molecule is NS(=O)(=O)OC[C@@H]1CC2CC[C@@H](C1)C2S(=O)(=O)c1cc(C(=O)Nc2cc(F)c(F)c(F)c2)ccc1Cl. The Balaban J connectivity index is 1.56. The topological polar surface area (TPSA) is 133 Å². The third-order valence-electron chi connectivity index (χ3n) is 6.68. The molecule has 0 aliphatic heterocycles. The van der Waals surface area contributed by atoms with Gasteiger partial charge in [0.05, 0.1) is 21.8 Å². The van der Waals surface area contributed by atoms with E-state index in [9.17, 15) is 34.8 Å². The van der Waals surface area contributed by atoms with E-state index < -0.39 is 48.8 Å². The third-order valence-corrected chi connectivity index (χ3v) is 10.0. The van der Waals surface area contributed by atoms with Crippen LogP contribution < -0.4 is 10.5 Å². The van der Waals surface area contributed by atoms with Gasteiger partial charge in [-0.3, -0.25) is 8.98 Å². The lowest BCUT2D eigenvalue weighted by atomic mass is 9.81. The summed E-state index contributed by atoms with van der Waals surface area (Å²) in [5.41, 5.74) is -0.487. The van der Waals surface area contributed by atoms with Crippen LogP contribution in [0.3, 0.4) is 0 Å². The molecule has 196 valence electrons. The maximum atomic E-state index is 13.6. The van der Waals surface area contributed by atoms with E-state index in [0.717, 1.165) is 6.07 Å². The molecule has 14 heteroatoms. The number of amides is 1.